The van der Waals surface area contributed by atoms with E-state index >= 15 is 0 Å². The largest absolute Gasteiger partial charge is 0.456 e. The van der Waals surface area contributed by atoms with Crippen LogP contribution in [0.3, 0.4) is 0 Å². The van der Waals surface area contributed by atoms with Crippen LogP contribution in [0.25, 0.3) is 0 Å². The summed E-state index contributed by atoms with van der Waals surface area (Å²) in [6.07, 6.45) is 0. The Morgan fingerprint density at radius 1 is 1.17 bits per heavy atom. The van der Waals surface area contributed by atoms with E-state index in [1.54, 1.807) is 31.4 Å². The first-order valence-electron chi connectivity index (χ1n) is 8.80. The Morgan fingerprint density at radius 2 is 1.90 bits per heavy atom. The Hall–Kier alpha value is -3.07. The summed E-state index contributed by atoms with van der Waals surface area (Å²) in [6, 6.07) is 5.97. The van der Waals surface area contributed by atoms with Crippen LogP contribution in [0.2, 0.25) is 0 Å². The third kappa shape index (κ3) is 6.21. The molecule has 0 aliphatic carbocycles. The number of benzene rings is 1. The molecule has 9 heteroatoms. The number of amides is 2. The van der Waals surface area contributed by atoms with Crippen molar-refractivity contribution in [3.63, 3.8) is 0 Å². The SMILES string of the molecule is CC(=O)Nc1ccc(C(=O)COC(=O)[C@@H](NC(=O)c2cccs2)C(C)C)c(F)c1. The molecule has 29 heavy (non-hydrogen) atoms. The van der Waals surface area contributed by atoms with Gasteiger partial charge in [-0.3, -0.25) is 14.4 Å². The topological polar surface area (TPSA) is 102 Å². The lowest BCUT2D eigenvalue weighted by atomic mass is 10.0. The summed E-state index contributed by atoms with van der Waals surface area (Å²) in [4.78, 5) is 48.2. The van der Waals surface area contributed by atoms with Gasteiger partial charge in [-0.15, -0.1) is 11.3 Å². The van der Waals surface area contributed by atoms with Gasteiger partial charge in [-0.2, -0.15) is 0 Å². The Labute approximate surface area is 171 Å². The molecule has 2 rings (SSSR count). The maximum atomic E-state index is 14.1. The van der Waals surface area contributed by atoms with Crippen LogP contribution in [0, 0.1) is 11.7 Å². The van der Waals surface area contributed by atoms with Crippen molar-refractivity contribution in [2.75, 3.05) is 11.9 Å². The van der Waals surface area contributed by atoms with Gasteiger partial charge in [-0.25, -0.2) is 9.18 Å². The average Bonchev–Trinajstić information content (AvgIpc) is 3.18. The normalized spacial score (nSPS) is 11.6. The number of thiophene rings is 1. The van der Waals surface area contributed by atoms with Crippen LogP contribution in [0.15, 0.2) is 35.7 Å². The predicted molar refractivity (Wildman–Crippen MR) is 106 cm³/mol. The van der Waals surface area contributed by atoms with Crippen molar-refractivity contribution < 1.29 is 28.3 Å². The number of esters is 1. The molecule has 0 saturated carbocycles. The number of hydrogen-bond acceptors (Lipinski definition) is 6. The first-order valence-corrected chi connectivity index (χ1v) is 9.68. The molecule has 0 fully saturated rings. The third-order valence-corrected chi connectivity index (χ3v) is 4.76. The summed E-state index contributed by atoms with van der Waals surface area (Å²) < 4.78 is 19.1. The molecule has 1 atom stereocenters. The van der Waals surface area contributed by atoms with Crippen LogP contribution >= 0.6 is 11.3 Å². The predicted octanol–water partition coefficient (Wildman–Crippen LogP) is 3.03. The van der Waals surface area contributed by atoms with Crippen molar-refractivity contribution in [1.82, 2.24) is 5.32 Å². The number of anilines is 1. The van der Waals surface area contributed by atoms with Gasteiger partial charge in [0.05, 0.1) is 10.4 Å². The summed E-state index contributed by atoms with van der Waals surface area (Å²) in [6.45, 7) is 4.05. The zero-order valence-corrected chi connectivity index (χ0v) is 17.0. The highest BCUT2D eigenvalue weighted by molar-refractivity contribution is 7.12. The molecule has 2 N–H and O–H groups in total. The first-order chi connectivity index (χ1) is 13.7. The van der Waals surface area contributed by atoms with Crippen LogP contribution in [0.4, 0.5) is 10.1 Å². The molecular formula is C20H21FN2O5S. The third-order valence-electron chi connectivity index (χ3n) is 3.89. The van der Waals surface area contributed by atoms with E-state index in [1.165, 1.54) is 30.4 Å². The molecule has 0 unspecified atom stereocenters. The number of rotatable bonds is 8. The lowest BCUT2D eigenvalue weighted by Crippen LogP contribution is -2.45. The van der Waals surface area contributed by atoms with E-state index < -0.39 is 36.1 Å². The van der Waals surface area contributed by atoms with E-state index in [0.29, 0.717) is 4.88 Å². The molecule has 1 aromatic carbocycles. The summed E-state index contributed by atoms with van der Waals surface area (Å²) in [7, 11) is 0. The second-order valence-electron chi connectivity index (χ2n) is 6.58. The molecule has 1 aromatic heterocycles. The van der Waals surface area contributed by atoms with Crippen molar-refractivity contribution in [2.24, 2.45) is 5.92 Å². The summed E-state index contributed by atoms with van der Waals surface area (Å²) >= 11 is 1.23. The van der Waals surface area contributed by atoms with E-state index in [-0.39, 0.29) is 23.1 Å². The molecule has 2 aromatic rings. The quantitative estimate of drug-likeness (QED) is 0.505. The zero-order valence-electron chi connectivity index (χ0n) is 16.2. The highest BCUT2D eigenvalue weighted by Crippen LogP contribution is 2.16. The van der Waals surface area contributed by atoms with Crippen molar-refractivity contribution in [2.45, 2.75) is 26.8 Å². The van der Waals surface area contributed by atoms with Crippen molar-refractivity contribution >= 4 is 40.6 Å². The fourth-order valence-corrected chi connectivity index (χ4v) is 3.07. The molecule has 0 aliphatic heterocycles. The number of ether oxygens (including phenoxy) is 1. The molecule has 2 amide bonds. The number of carbonyl (C=O) groups is 4. The highest BCUT2D eigenvalue weighted by Gasteiger charge is 2.27. The number of carbonyl (C=O) groups excluding carboxylic acids is 4. The summed E-state index contributed by atoms with van der Waals surface area (Å²) in [5, 5.41) is 6.73. The molecule has 1 heterocycles. The maximum absolute atomic E-state index is 14.1. The Balaban J connectivity index is 1.99. The lowest BCUT2D eigenvalue weighted by molar-refractivity contribution is -0.146. The van der Waals surface area contributed by atoms with Crippen LogP contribution < -0.4 is 10.6 Å². The fourth-order valence-electron chi connectivity index (χ4n) is 2.44. The van der Waals surface area contributed by atoms with Gasteiger partial charge in [-0.1, -0.05) is 19.9 Å². The van der Waals surface area contributed by atoms with Crippen molar-refractivity contribution in [1.29, 1.82) is 0 Å². The highest BCUT2D eigenvalue weighted by atomic mass is 32.1. The number of nitrogens with one attached hydrogen (secondary N) is 2. The van der Waals surface area contributed by atoms with Crippen LogP contribution in [-0.4, -0.2) is 36.2 Å². The van der Waals surface area contributed by atoms with Gasteiger partial charge in [0.1, 0.15) is 11.9 Å². The second kappa shape index (κ2) is 9.92. The minimum atomic E-state index is -0.954. The zero-order chi connectivity index (χ0) is 21.6. The standard InChI is InChI=1S/C20H21FN2O5S/c1-11(2)18(23-19(26)17-5-4-8-29-17)20(27)28-10-16(25)14-7-6-13(9-15(14)21)22-12(3)24/h4-9,11,18H,10H2,1-3H3,(H,22,24)(H,23,26)/t18-/m0/s1. The minimum absolute atomic E-state index is 0.208. The maximum Gasteiger partial charge on any atom is 0.329 e. The smallest absolute Gasteiger partial charge is 0.329 e. The van der Waals surface area contributed by atoms with Crippen LogP contribution in [0.1, 0.15) is 40.8 Å². The number of halogens is 1. The van der Waals surface area contributed by atoms with Gasteiger partial charge in [0.25, 0.3) is 5.91 Å². The van der Waals surface area contributed by atoms with E-state index in [9.17, 15) is 23.6 Å². The molecule has 0 saturated heterocycles. The molecule has 154 valence electrons. The monoisotopic (exact) mass is 420 g/mol. The van der Waals surface area contributed by atoms with E-state index in [4.69, 9.17) is 4.74 Å². The molecular weight excluding hydrogens is 399 g/mol. The Bertz CT molecular complexity index is 912. The fraction of sp³-hybridized carbons (Fsp3) is 0.300. The summed E-state index contributed by atoms with van der Waals surface area (Å²) in [5.41, 5.74) is -0.0599. The second-order valence-corrected chi connectivity index (χ2v) is 7.53. The first kappa shape index (κ1) is 22.2. The van der Waals surface area contributed by atoms with Gasteiger partial charge < -0.3 is 15.4 Å². The Kier molecular flexibility index (Phi) is 7.60. The van der Waals surface area contributed by atoms with Crippen LogP contribution in [0.5, 0.6) is 0 Å². The molecule has 0 radical (unpaired) electrons. The van der Waals surface area contributed by atoms with Crippen molar-refractivity contribution in [3.8, 4) is 0 Å². The Morgan fingerprint density at radius 3 is 2.45 bits per heavy atom. The number of hydrogen-bond donors (Lipinski definition) is 2. The van der Waals surface area contributed by atoms with Gasteiger partial charge in [0, 0.05) is 12.6 Å². The van der Waals surface area contributed by atoms with Gasteiger partial charge in [0.2, 0.25) is 11.7 Å². The van der Waals surface area contributed by atoms with E-state index in [2.05, 4.69) is 10.6 Å². The van der Waals surface area contributed by atoms with Crippen molar-refractivity contribution in [3.05, 3.63) is 52.0 Å². The minimum Gasteiger partial charge on any atom is -0.456 e. The number of Topliss-reactive ketones (excluding diaryl/α,β-unsaturated/α-hetero) is 1. The molecule has 0 bridgehead atoms. The van der Waals surface area contributed by atoms with Gasteiger partial charge in [0.15, 0.2) is 6.61 Å². The summed E-state index contributed by atoms with van der Waals surface area (Å²) in [5.74, 6) is -3.44. The van der Waals surface area contributed by atoms with Crippen LogP contribution in [-0.2, 0) is 14.3 Å². The van der Waals surface area contributed by atoms with Gasteiger partial charge in [-0.05, 0) is 35.6 Å². The molecule has 0 spiro atoms. The van der Waals surface area contributed by atoms with E-state index in [0.717, 1.165) is 6.07 Å². The number of ketones is 1. The van der Waals surface area contributed by atoms with Gasteiger partial charge >= 0.3 is 5.97 Å². The molecule has 7 nitrogen and oxygen atoms in total. The lowest BCUT2D eigenvalue weighted by Gasteiger charge is -2.20. The average molecular weight is 420 g/mol. The van der Waals surface area contributed by atoms with E-state index in [1.807, 2.05) is 0 Å². The molecule has 0 aliphatic rings.